The zero-order chi connectivity index (χ0) is 9.84. The Hall–Kier alpha value is -0.820. The third kappa shape index (κ3) is 2.10. The highest BCUT2D eigenvalue weighted by Crippen LogP contribution is 2.18. The fourth-order valence-corrected chi connectivity index (χ4v) is 1.74. The van der Waals surface area contributed by atoms with E-state index in [2.05, 4.69) is 6.92 Å². The number of hydrogen-bond acceptors (Lipinski definition) is 1. The van der Waals surface area contributed by atoms with Crippen LogP contribution in [-0.4, -0.2) is 5.24 Å². The van der Waals surface area contributed by atoms with E-state index in [1.807, 2.05) is 19.1 Å². The van der Waals surface area contributed by atoms with E-state index >= 15 is 0 Å². The Kier molecular flexibility index (Phi) is 3.49. The Bertz CT molecular complexity index is 318. The molecule has 0 N–H and O–H groups in total. The van der Waals surface area contributed by atoms with Crippen molar-refractivity contribution in [1.82, 2.24) is 0 Å². The molecule has 0 saturated heterocycles. The molecule has 0 aromatic heterocycles. The first-order valence-corrected chi connectivity index (χ1v) is 4.89. The van der Waals surface area contributed by atoms with E-state index in [1.54, 1.807) is 6.07 Å². The topological polar surface area (TPSA) is 17.1 Å². The van der Waals surface area contributed by atoms with E-state index in [1.165, 1.54) is 5.56 Å². The molecule has 0 aliphatic heterocycles. The van der Waals surface area contributed by atoms with Gasteiger partial charge in [0.1, 0.15) is 0 Å². The van der Waals surface area contributed by atoms with Gasteiger partial charge in [-0.15, -0.1) is 0 Å². The van der Waals surface area contributed by atoms with Gasteiger partial charge in [-0.3, -0.25) is 4.79 Å². The lowest BCUT2D eigenvalue weighted by atomic mass is 9.98. The van der Waals surface area contributed by atoms with Crippen LogP contribution in [0.5, 0.6) is 0 Å². The summed E-state index contributed by atoms with van der Waals surface area (Å²) in [6.45, 7) is 4.12. The molecule has 1 nitrogen and oxygen atoms in total. The van der Waals surface area contributed by atoms with Crippen LogP contribution < -0.4 is 0 Å². The van der Waals surface area contributed by atoms with Gasteiger partial charge in [-0.05, 0) is 41.6 Å². The summed E-state index contributed by atoms with van der Waals surface area (Å²) in [6.07, 6.45) is 1.80. The zero-order valence-electron chi connectivity index (χ0n) is 7.93. The summed E-state index contributed by atoms with van der Waals surface area (Å²) >= 11 is 5.48. The highest BCUT2D eigenvalue weighted by atomic mass is 35.5. The highest BCUT2D eigenvalue weighted by Gasteiger charge is 2.09. The van der Waals surface area contributed by atoms with E-state index < -0.39 is 0 Å². The lowest BCUT2D eigenvalue weighted by Crippen LogP contribution is -2.00. The summed E-state index contributed by atoms with van der Waals surface area (Å²) in [5, 5.41) is -0.354. The normalized spacial score (nSPS) is 10.1. The molecule has 1 aromatic carbocycles. The van der Waals surface area contributed by atoms with Crippen LogP contribution in [0.3, 0.4) is 0 Å². The predicted molar refractivity (Wildman–Crippen MR) is 55.4 cm³/mol. The van der Waals surface area contributed by atoms with E-state index in [9.17, 15) is 4.79 Å². The van der Waals surface area contributed by atoms with Crippen molar-refractivity contribution >= 4 is 16.8 Å². The first-order valence-electron chi connectivity index (χ1n) is 4.51. The van der Waals surface area contributed by atoms with Gasteiger partial charge in [0.2, 0.25) is 0 Å². The van der Waals surface area contributed by atoms with Crippen LogP contribution in [0.25, 0.3) is 0 Å². The molecule has 0 bridgehead atoms. The summed E-state index contributed by atoms with van der Waals surface area (Å²) in [4.78, 5) is 11.1. The lowest BCUT2D eigenvalue weighted by Gasteiger charge is -2.08. The van der Waals surface area contributed by atoms with E-state index in [-0.39, 0.29) is 5.24 Å². The lowest BCUT2D eigenvalue weighted by molar-refractivity contribution is 0.108. The molecule has 0 aliphatic carbocycles. The Balaban J connectivity index is 3.27. The van der Waals surface area contributed by atoms with E-state index in [0.717, 1.165) is 18.4 Å². The number of carbonyl (C=O) groups excluding carboxylic acids is 1. The van der Waals surface area contributed by atoms with Crippen molar-refractivity contribution < 1.29 is 4.79 Å². The Morgan fingerprint density at radius 3 is 2.46 bits per heavy atom. The van der Waals surface area contributed by atoms with Crippen LogP contribution in [0.4, 0.5) is 0 Å². The quantitative estimate of drug-likeness (QED) is 0.679. The average Bonchev–Trinajstić information content (AvgIpc) is 2.16. The maximum Gasteiger partial charge on any atom is 0.252 e. The molecule has 0 fully saturated rings. The van der Waals surface area contributed by atoms with Crippen molar-refractivity contribution in [3.05, 3.63) is 34.9 Å². The molecule has 2 heteroatoms. The summed E-state index contributed by atoms with van der Waals surface area (Å²) in [5.41, 5.74) is 2.96. The van der Waals surface area contributed by atoms with Gasteiger partial charge >= 0.3 is 0 Å². The van der Waals surface area contributed by atoms with Gasteiger partial charge < -0.3 is 0 Å². The molecular formula is C11H13ClO. The number of halogens is 1. The SMILES string of the molecule is CCc1cccc(C(=O)Cl)c1CC. The van der Waals surface area contributed by atoms with Crippen molar-refractivity contribution in [2.24, 2.45) is 0 Å². The van der Waals surface area contributed by atoms with Gasteiger partial charge in [0, 0.05) is 5.56 Å². The number of carbonyl (C=O) groups is 1. The minimum atomic E-state index is -0.354. The van der Waals surface area contributed by atoms with Crippen LogP contribution in [0.2, 0.25) is 0 Å². The van der Waals surface area contributed by atoms with Crippen LogP contribution >= 0.6 is 11.6 Å². The Morgan fingerprint density at radius 1 is 1.31 bits per heavy atom. The molecule has 0 spiro atoms. The summed E-state index contributed by atoms with van der Waals surface area (Å²) in [7, 11) is 0. The van der Waals surface area contributed by atoms with E-state index in [0.29, 0.717) is 5.56 Å². The molecular weight excluding hydrogens is 184 g/mol. The van der Waals surface area contributed by atoms with Crippen LogP contribution in [0.1, 0.15) is 35.3 Å². The number of benzene rings is 1. The van der Waals surface area contributed by atoms with Crippen molar-refractivity contribution in [3.8, 4) is 0 Å². The minimum absolute atomic E-state index is 0.354. The second-order valence-corrected chi connectivity index (χ2v) is 3.27. The fourth-order valence-electron chi connectivity index (χ4n) is 1.57. The largest absolute Gasteiger partial charge is 0.276 e. The molecule has 0 amide bonds. The molecule has 0 atom stereocenters. The van der Waals surface area contributed by atoms with E-state index in [4.69, 9.17) is 11.6 Å². The predicted octanol–water partition coefficient (Wildman–Crippen LogP) is 3.19. The Morgan fingerprint density at radius 2 is 2.00 bits per heavy atom. The number of hydrogen-bond donors (Lipinski definition) is 0. The van der Waals surface area contributed by atoms with Crippen LogP contribution in [-0.2, 0) is 12.8 Å². The third-order valence-corrected chi connectivity index (χ3v) is 2.42. The first kappa shape index (κ1) is 10.3. The first-order chi connectivity index (χ1) is 6.20. The van der Waals surface area contributed by atoms with Crippen molar-refractivity contribution in [2.75, 3.05) is 0 Å². The second-order valence-electron chi connectivity index (χ2n) is 2.92. The summed E-state index contributed by atoms with van der Waals surface area (Å²) in [6, 6.07) is 5.71. The van der Waals surface area contributed by atoms with Crippen LogP contribution in [0, 0.1) is 0 Å². The maximum absolute atomic E-state index is 11.1. The third-order valence-electron chi connectivity index (χ3n) is 2.22. The smallest absolute Gasteiger partial charge is 0.252 e. The molecule has 13 heavy (non-hydrogen) atoms. The molecule has 1 aromatic rings. The van der Waals surface area contributed by atoms with Gasteiger partial charge in [-0.2, -0.15) is 0 Å². The zero-order valence-corrected chi connectivity index (χ0v) is 8.69. The van der Waals surface area contributed by atoms with Crippen molar-refractivity contribution in [3.63, 3.8) is 0 Å². The molecule has 0 radical (unpaired) electrons. The molecule has 70 valence electrons. The Labute approximate surface area is 83.7 Å². The average molecular weight is 197 g/mol. The van der Waals surface area contributed by atoms with Crippen molar-refractivity contribution in [1.29, 1.82) is 0 Å². The number of aryl methyl sites for hydroxylation is 1. The molecule has 0 heterocycles. The molecule has 1 rings (SSSR count). The van der Waals surface area contributed by atoms with Gasteiger partial charge in [-0.1, -0.05) is 26.0 Å². The fraction of sp³-hybridized carbons (Fsp3) is 0.364. The van der Waals surface area contributed by atoms with Crippen LogP contribution in [0.15, 0.2) is 18.2 Å². The van der Waals surface area contributed by atoms with Gasteiger partial charge in [0.25, 0.3) is 5.24 Å². The highest BCUT2D eigenvalue weighted by molar-refractivity contribution is 6.67. The summed E-state index contributed by atoms with van der Waals surface area (Å²) in [5.74, 6) is 0. The molecule has 0 saturated carbocycles. The van der Waals surface area contributed by atoms with Gasteiger partial charge in [0.15, 0.2) is 0 Å². The van der Waals surface area contributed by atoms with Gasteiger partial charge in [-0.25, -0.2) is 0 Å². The maximum atomic E-state index is 11.1. The standard InChI is InChI=1S/C11H13ClO/c1-3-8-6-5-7-10(11(12)13)9(8)4-2/h5-7H,3-4H2,1-2H3. The second kappa shape index (κ2) is 4.43. The molecule has 0 unspecified atom stereocenters. The van der Waals surface area contributed by atoms with Gasteiger partial charge in [0.05, 0.1) is 0 Å². The summed E-state index contributed by atoms with van der Waals surface area (Å²) < 4.78 is 0. The number of rotatable bonds is 3. The minimum Gasteiger partial charge on any atom is -0.276 e. The monoisotopic (exact) mass is 196 g/mol. The van der Waals surface area contributed by atoms with Crippen molar-refractivity contribution in [2.45, 2.75) is 26.7 Å². The molecule has 0 aliphatic rings.